The van der Waals surface area contributed by atoms with Gasteiger partial charge in [-0.2, -0.15) is 0 Å². The summed E-state index contributed by atoms with van der Waals surface area (Å²) >= 11 is 0.194. The Balaban J connectivity index is -0.0000000575. The van der Waals surface area contributed by atoms with Crippen LogP contribution in [0.15, 0.2) is 0 Å². The predicted octanol–water partition coefficient (Wildman–Crippen LogP) is 0.774. The van der Waals surface area contributed by atoms with Gasteiger partial charge < -0.3 is 15.7 Å². The fraction of sp³-hybridized carbons (Fsp3) is 0. The molecular weight excluding hydrogens is 203 g/mol. The first-order valence-electron chi connectivity index (χ1n) is 0.919. The second kappa shape index (κ2) is 15.7. The van der Waals surface area contributed by atoms with E-state index in [0.717, 1.165) is 0 Å². The van der Waals surface area contributed by atoms with Crippen LogP contribution < -0.4 is 0 Å². The summed E-state index contributed by atoms with van der Waals surface area (Å²) in [6, 6.07) is 0. The Hall–Kier alpha value is 0.329. The van der Waals surface area contributed by atoms with Gasteiger partial charge in [0.15, 0.2) is 0 Å². The standard InChI is InChI=1S/CH2O3.2ClH.Fe.H2O/c2-1(3)4;;;;/h(H2,2,3,4);2*1H;;1H2/q;;;+2;/p-2. The molecule has 0 saturated carbocycles. The molecule has 0 saturated heterocycles. The third-order valence-corrected chi connectivity index (χ3v) is 0. The van der Waals surface area contributed by atoms with E-state index in [1.807, 2.05) is 0 Å². The zero-order valence-corrected chi connectivity index (χ0v) is 6.03. The molecule has 0 amide bonds. The second-order valence-corrected chi connectivity index (χ2v) is 2.16. The van der Waals surface area contributed by atoms with Gasteiger partial charge in [0.05, 0.1) is 0 Å². The maximum atomic E-state index is 8.56. The summed E-state index contributed by atoms with van der Waals surface area (Å²) in [5.41, 5.74) is 0. The van der Waals surface area contributed by atoms with E-state index in [2.05, 4.69) is 0 Å². The van der Waals surface area contributed by atoms with Gasteiger partial charge in [0, 0.05) is 0 Å². The van der Waals surface area contributed by atoms with Gasteiger partial charge in [-0.15, -0.1) is 0 Å². The Morgan fingerprint density at radius 2 is 1.38 bits per heavy atom. The van der Waals surface area contributed by atoms with E-state index in [0.29, 0.717) is 0 Å². The molecule has 0 spiro atoms. The summed E-state index contributed by atoms with van der Waals surface area (Å²) in [6.07, 6.45) is -1.83. The molecule has 0 aromatic rings. The van der Waals surface area contributed by atoms with Crippen LogP contribution in [0, 0.1) is 0 Å². The zero-order valence-electron chi connectivity index (χ0n) is 3.41. The molecule has 0 aliphatic heterocycles. The summed E-state index contributed by atoms with van der Waals surface area (Å²) in [6.45, 7) is 0. The minimum atomic E-state index is -1.83. The van der Waals surface area contributed by atoms with Gasteiger partial charge in [-0.25, -0.2) is 4.79 Å². The Kier molecular flexibility index (Phi) is 30.8. The van der Waals surface area contributed by atoms with E-state index < -0.39 is 6.16 Å². The first-order chi connectivity index (χ1) is 3.15. The Labute approximate surface area is 60.3 Å². The van der Waals surface area contributed by atoms with Crippen molar-refractivity contribution < 1.29 is 33.6 Å². The normalized spacial score (nSPS) is 5.75. The van der Waals surface area contributed by atoms with Gasteiger partial charge in [-0.1, -0.05) is 0 Å². The molecule has 8 heavy (non-hydrogen) atoms. The van der Waals surface area contributed by atoms with Crippen LogP contribution in [0.1, 0.15) is 0 Å². The van der Waals surface area contributed by atoms with Crippen LogP contribution in [-0.4, -0.2) is 21.8 Å². The van der Waals surface area contributed by atoms with Gasteiger partial charge in [0.25, 0.3) is 0 Å². The van der Waals surface area contributed by atoms with Gasteiger partial charge >= 0.3 is 39.5 Å². The van der Waals surface area contributed by atoms with Crippen molar-refractivity contribution in [2.75, 3.05) is 0 Å². The average molecular weight is 207 g/mol. The SMILES string of the molecule is O.O=C(O)O.[Cl][Fe][Cl]. The summed E-state index contributed by atoms with van der Waals surface area (Å²) in [5, 5.41) is 13.9. The molecule has 0 aliphatic rings. The Morgan fingerprint density at radius 3 is 1.38 bits per heavy atom. The summed E-state index contributed by atoms with van der Waals surface area (Å²) in [4.78, 5) is 8.56. The van der Waals surface area contributed by atoms with E-state index in [4.69, 9.17) is 35.2 Å². The van der Waals surface area contributed by atoms with Crippen LogP contribution in [0.5, 0.6) is 0 Å². The van der Waals surface area contributed by atoms with Crippen LogP contribution in [0.2, 0.25) is 0 Å². The first kappa shape index (κ1) is 15.8. The van der Waals surface area contributed by atoms with Crippen molar-refractivity contribution in [3.05, 3.63) is 0 Å². The number of rotatable bonds is 0. The fourth-order valence-electron chi connectivity index (χ4n) is 0. The summed E-state index contributed by atoms with van der Waals surface area (Å²) < 4.78 is 0. The third-order valence-electron chi connectivity index (χ3n) is 0. The van der Waals surface area contributed by atoms with Crippen LogP contribution in [-0.2, 0) is 13.1 Å². The number of hydrogen-bond donors (Lipinski definition) is 2. The minimum absolute atomic E-state index is 0. The fourth-order valence-corrected chi connectivity index (χ4v) is 0. The monoisotopic (exact) mass is 206 g/mol. The molecule has 0 fully saturated rings. The van der Waals surface area contributed by atoms with Crippen LogP contribution in [0.4, 0.5) is 4.79 Å². The molecule has 4 N–H and O–H groups in total. The molecule has 0 bridgehead atoms. The molecule has 0 radical (unpaired) electrons. The topological polar surface area (TPSA) is 89.0 Å². The first-order valence-corrected chi connectivity index (χ1v) is 3.96. The van der Waals surface area contributed by atoms with Crippen molar-refractivity contribution in [3.8, 4) is 0 Å². The second-order valence-electron chi connectivity index (χ2n) is 0.333. The number of carbonyl (C=O) groups is 1. The van der Waals surface area contributed by atoms with Crippen molar-refractivity contribution in [3.63, 3.8) is 0 Å². The molecule has 0 unspecified atom stereocenters. The molecule has 4 nitrogen and oxygen atoms in total. The summed E-state index contributed by atoms with van der Waals surface area (Å²) in [5.74, 6) is 0. The van der Waals surface area contributed by atoms with Crippen LogP contribution in [0.3, 0.4) is 0 Å². The van der Waals surface area contributed by atoms with Crippen molar-refractivity contribution in [2.45, 2.75) is 0 Å². The van der Waals surface area contributed by atoms with Crippen molar-refractivity contribution in [1.82, 2.24) is 0 Å². The molecule has 0 heterocycles. The zero-order chi connectivity index (χ0) is 6.28. The molecule has 54 valence electrons. The molecule has 7 heteroatoms. The van der Waals surface area contributed by atoms with E-state index in [-0.39, 0.29) is 18.6 Å². The Morgan fingerprint density at radius 1 is 1.38 bits per heavy atom. The molecule has 0 aliphatic carbocycles. The molecular formula is CH4Cl2FeO4. The number of carboxylic acid groups (broad SMARTS) is 2. The van der Waals surface area contributed by atoms with E-state index in [9.17, 15) is 0 Å². The molecule has 0 aromatic heterocycles. The van der Waals surface area contributed by atoms with Crippen molar-refractivity contribution in [1.29, 1.82) is 0 Å². The average Bonchev–Trinajstić information content (AvgIpc) is 1.33. The molecule has 0 atom stereocenters. The van der Waals surface area contributed by atoms with Crippen molar-refractivity contribution >= 4 is 26.4 Å². The van der Waals surface area contributed by atoms with Crippen LogP contribution in [0.25, 0.3) is 0 Å². The third kappa shape index (κ3) is 1660. The maximum absolute atomic E-state index is 8.56. The Bertz CT molecular complexity index is 45.3. The summed E-state index contributed by atoms with van der Waals surface area (Å²) in [7, 11) is 9.53. The van der Waals surface area contributed by atoms with Crippen LogP contribution >= 0.6 is 20.2 Å². The van der Waals surface area contributed by atoms with Crippen molar-refractivity contribution in [2.24, 2.45) is 0 Å². The van der Waals surface area contributed by atoms with Gasteiger partial charge in [0.2, 0.25) is 0 Å². The van der Waals surface area contributed by atoms with Gasteiger partial charge in [-0.05, 0) is 0 Å². The van der Waals surface area contributed by atoms with E-state index >= 15 is 0 Å². The van der Waals surface area contributed by atoms with Gasteiger partial charge in [-0.3, -0.25) is 0 Å². The predicted molar refractivity (Wildman–Crippen MR) is 26.0 cm³/mol. The van der Waals surface area contributed by atoms with E-state index in [1.54, 1.807) is 0 Å². The quantitative estimate of drug-likeness (QED) is 0.574. The number of hydrogen-bond acceptors (Lipinski definition) is 1. The molecule has 0 aromatic carbocycles. The van der Waals surface area contributed by atoms with E-state index in [1.165, 1.54) is 0 Å². The van der Waals surface area contributed by atoms with Gasteiger partial charge in [0.1, 0.15) is 0 Å². The number of halogens is 2. The molecule has 0 rings (SSSR count).